The summed E-state index contributed by atoms with van der Waals surface area (Å²) in [5.41, 5.74) is 4.14. The second-order valence-electron chi connectivity index (χ2n) is 6.10. The first-order valence-corrected chi connectivity index (χ1v) is 8.78. The van der Waals surface area contributed by atoms with Crippen molar-refractivity contribution in [1.82, 2.24) is 5.43 Å². The first-order chi connectivity index (χ1) is 13.6. The molecule has 1 N–H and O–H groups in total. The third-order valence-corrected chi connectivity index (χ3v) is 4.24. The van der Waals surface area contributed by atoms with Crippen LogP contribution in [0.5, 0.6) is 17.2 Å². The van der Waals surface area contributed by atoms with Crippen molar-refractivity contribution in [3.05, 3.63) is 66.2 Å². The van der Waals surface area contributed by atoms with Crippen molar-refractivity contribution in [3.63, 3.8) is 0 Å². The van der Waals surface area contributed by atoms with Gasteiger partial charge in [0.25, 0.3) is 5.91 Å². The Morgan fingerprint density at radius 2 is 1.64 bits per heavy atom. The Hall–Kier alpha value is -3.54. The summed E-state index contributed by atoms with van der Waals surface area (Å²) in [5.74, 6) is 1.54. The Kier molecular flexibility index (Phi) is 6.11. The molecular weight excluding hydrogens is 356 g/mol. The Morgan fingerprint density at radius 3 is 2.39 bits per heavy atom. The van der Waals surface area contributed by atoms with Crippen LogP contribution in [0.2, 0.25) is 0 Å². The molecule has 0 bridgehead atoms. The van der Waals surface area contributed by atoms with E-state index in [1.54, 1.807) is 26.4 Å². The van der Waals surface area contributed by atoms with E-state index in [4.69, 9.17) is 14.2 Å². The highest BCUT2D eigenvalue weighted by molar-refractivity contribution is 6.02. The number of hydrazone groups is 1. The number of hydrogen-bond acceptors (Lipinski definition) is 5. The van der Waals surface area contributed by atoms with Crippen molar-refractivity contribution >= 4 is 22.4 Å². The van der Waals surface area contributed by atoms with Crippen molar-refractivity contribution in [2.75, 3.05) is 20.8 Å². The summed E-state index contributed by atoms with van der Waals surface area (Å²) in [6.45, 7) is 1.68. The van der Waals surface area contributed by atoms with Crippen LogP contribution in [0.4, 0.5) is 0 Å². The molecule has 3 rings (SSSR count). The summed E-state index contributed by atoms with van der Waals surface area (Å²) in [5, 5.41) is 6.31. The maximum Gasteiger partial charge on any atom is 0.277 e. The quantitative estimate of drug-likeness (QED) is 0.502. The van der Waals surface area contributed by atoms with Gasteiger partial charge in [-0.2, -0.15) is 5.10 Å². The number of ether oxygens (including phenoxy) is 3. The maximum atomic E-state index is 12.0. The lowest BCUT2D eigenvalue weighted by atomic mass is 10.0. The van der Waals surface area contributed by atoms with Gasteiger partial charge in [0.15, 0.2) is 18.1 Å². The zero-order valence-corrected chi connectivity index (χ0v) is 16.1. The predicted octanol–water partition coefficient (Wildman–Crippen LogP) is 3.78. The zero-order chi connectivity index (χ0) is 19.9. The Labute approximate surface area is 163 Å². The monoisotopic (exact) mass is 378 g/mol. The summed E-state index contributed by atoms with van der Waals surface area (Å²) in [7, 11) is 3.20. The van der Waals surface area contributed by atoms with Gasteiger partial charge >= 0.3 is 0 Å². The number of para-hydroxylation sites is 2. The van der Waals surface area contributed by atoms with Crippen molar-refractivity contribution in [2.24, 2.45) is 5.10 Å². The van der Waals surface area contributed by atoms with Gasteiger partial charge in [0.05, 0.1) is 19.9 Å². The van der Waals surface area contributed by atoms with Crippen LogP contribution in [0.3, 0.4) is 0 Å². The number of methoxy groups -OCH3 is 2. The van der Waals surface area contributed by atoms with Gasteiger partial charge in [-0.05, 0) is 53.6 Å². The van der Waals surface area contributed by atoms with Crippen molar-refractivity contribution in [3.8, 4) is 17.2 Å². The molecule has 0 aliphatic carbocycles. The molecular formula is C22H22N2O4. The van der Waals surface area contributed by atoms with E-state index in [1.165, 1.54) is 0 Å². The second kappa shape index (κ2) is 8.90. The second-order valence-corrected chi connectivity index (χ2v) is 6.10. The average Bonchev–Trinajstić information content (AvgIpc) is 2.75. The van der Waals surface area contributed by atoms with Crippen molar-refractivity contribution in [2.45, 2.75) is 6.92 Å². The van der Waals surface area contributed by atoms with Crippen LogP contribution in [-0.4, -0.2) is 32.4 Å². The minimum atomic E-state index is -0.351. The largest absolute Gasteiger partial charge is 0.497 e. The molecule has 0 saturated heterocycles. The fourth-order valence-electron chi connectivity index (χ4n) is 2.70. The summed E-state index contributed by atoms with van der Waals surface area (Å²) in [6.07, 6.45) is 0. The van der Waals surface area contributed by atoms with E-state index in [1.807, 2.05) is 55.5 Å². The summed E-state index contributed by atoms with van der Waals surface area (Å²) >= 11 is 0. The third-order valence-electron chi connectivity index (χ3n) is 4.24. The number of nitrogens with one attached hydrogen (secondary N) is 1. The number of benzene rings is 3. The van der Waals surface area contributed by atoms with Crippen LogP contribution in [0.15, 0.2) is 65.8 Å². The lowest BCUT2D eigenvalue weighted by molar-refractivity contribution is -0.123. The lowest BCUT2D eigenvalue weighted by Crippen LogP contribution is -2.25. The molecule has 0 spiro atoms. The number of amides is 1. The average molecular weight is 378 g/mol. The number of nitrogens with zero attached hydrogens (tertiary/aromatic N) is 1. The molecule has 0 aliphatic heterocycles. The third kappa shape index (κ3) is 4.59. The summed E-state index contributed by atoms with van der Waals surface area (Å²) in [4.78, 5) is 12.0. The smallest absolute Gasteiger partial charge is 0.277 e. The van der Waals surface area contributed by atoms with Crippen molar-refractivity contribution < 1.29 is 19.0 Å². The van der Waals surface area contributed by atoms with E-state index >= 15 is 0 Å². The van der Waals surface area contributed by atoms with Crippen LogP contribution in [-0.2, 0) is 4.79 Å². The zero-order valence-electron chi connectivity index (χ0n) is 16.1. The number of rotatable bonds is 7. The van der Waals surface area contributed by atoms with Crippen LogP contribution in [0, 0.1) is 0 Å². The fourth-order valence-corrected chi connectivity index (χ4v) is 2.70. The molecule has 1 amide bonds. The van der Waals surface area contributed by atoms with Gasteiger partial charge in [-0.1, -0.05) is 30.3 Å². The molecule has 0 radical (unpaired) electrons. The molecule has 0 aliphatic rings. The highest BCUT2D eigenvalue weighted by Gasteiger charge is 2.07. The van der Waals surface area contributed by atoms with Gasteiger partial charge in [0.2, 0.25) is 0 Å². The highest BCUT2D eigenvalue weighted by Crippen LogP contribution is 2.25. The number of carbonyl (C=O) groups is 1. The first-order valence-electron chi connectivity index (χ1n) is 8.78. The van der Waals surface area contributed by atoms with Gasteiger partial charge in [-0.3, -0.25) is 4.79 Å². The maximum absolute atomic E-state index is 12.0. The predicted molar refractivity (Wildman–Crippen MR) is 109 cm³/mol. The topological polar surface area (TPSA) is 69.2 Å². The molecule has 0 saturated carbocycles. The number of fused-ring (bicyclic) bond motifs is 1. The van der Waals surface area contributed by atoms with Gasteiger partial charge in [-0.15, -0.1) is 0 Å². The van der Waals surface area contributed by atoms with Gasteiger partial charge in [0, 0.05) is 0 Å². The molecule has 6 heteroatoms. The van der Waals surface area contributed by atoms with E-state index in [0.29, 0.717) is 17.2 Å². The van der Waals surface area contributed by atoms with E-state index in [-0.39, 0.29) is 12.5 Å². The molecule has 0 fully saturated rings. The molecule has 6 nitrogen and oxygen atoms in total. The number of hydrogen-bond donors (Lipinski definition) is 1. The van der Waals surface area contributed by atoms with Crippen LogP contribution in [0.1, 0.15) is 12.5 Å². The fraction of sp³-hybridized carbons (Fsp3) is 0.182. The van der Waals surface area contributed by atoms with E-state index < -0.39 is 0 Å². The Bertz CT molecular complexity index is 1010. The normalized spacial score (nSPS) is 11.2. The van der Waals surface area contributed by atoms with Gasteiger partial charge < -0.3 is 14.2 Å². The van der Waals surface area contributed by atoms with E-state index in [0.717, 1.165) is 22.1 Å². The summed E-state index contributed by atoms with van der Waals surface area (Å²) in [6, 6.07) is 19.0. The molecule has 0 unspecified atom stereocenters. The molecule has 28 heavy (non-hydrogen) atoms. The van der Waals surface area contributed by atoms with Gasteiger partial charge in [0.1, 0.15) is 5.75 Å². The molecule has 3 aromatic carbocycles. The highest BCUT2D eigenvalue weighted by atomic mass is 16.5. The van der Waals surface area contributed by atoms with Crippen LogP contribution < -0.4 is 19.6 Å². The molecule has 0 atom stereocenters. The van der Waals surface area contributed by atoms with Gasteiger partial charge in [-0.25, -0.2) is 5.43 Å². The Morgan fingerprint density at radius 1 is 0.929 bits per heavy atom. The van der Waals surface area contributed by atoms with Crippen LogP contribution >= 0.6 is 0 Å². The minimum absolute atomic E-state index is 0.158. The number of carbonyl (C=O) groups excluding carboxylic acids is 1. The first kappa shape index (κ1) is 19.2. The lowest BCUT2D eigenvalue weighted by Gasteiger charge is -2.09. The standard InChI is InChI=1S/C22H22N2O4/c1-15(16-8-9-18-13-19(26-2)11-10-17(18)12-16)23-24-22(25)14-28-21-7-5-4-6-20(21)27-3/h4-13H,14H2,1-3H3,(H,24,25)/b23-15-. The molecule has 3 aromatic rings. The Balaban J connectivity index is 1.63. The molecule has 144 valence electrons. The van der Waals surface area contributed by atoms with E-state index in [2.05, 4.69) is 10.5 Å². The molecule has 0 aromatic heterocycles. The SMILES string of the molecule is COc1ccc2cc(/C(C)=N\NC(=O)COc3ccccc3OC)ccc2c1. The minimum Gasteiger partial charge on any atom is -0.497 e. The molecule has 0 heterocycles. The van der Waals surface area contributed by atoms with Crippen LogP contribution in [0.25, 0.3) is 10.8 Å². The summed E-state index contributed by atoms with van der Waals surface area (Å²) < 4.78 is 15.9. The van der Waals surface area contributed by atoms with E-state index in [9.17, 15) is 4.79 Å². The van der Waals surface area contributed by atoms with Crippen molar-refractivity contribution in [1.29, 1.82) is 0 Å².